The van der Waals surface area contributed by atoms with Crippen molar-refractivity contribution in [2.75, 3.05) is 19.7 Å². The Balaban J connectivity index is 2.55. The Kier molecular flexibility index (Phi) is 4.98. The molecule has 5 heteroatoms. The van der Waals surface area contributed by atoms with Crippen LogP contribution in [0.3, 0.4) is 0 Å². The fourth-order valence-corrected chi connectivity index (χ4v) is 2.82. The molecule has 0 N–H and O–H groups in total. The van der Waals surface area contributed by atoms with Crippen LogP contribution in [0.2, 0.25) is 0 Å². The average molecular weight is 306 g/mol. The minimum Gasteiger partial charge on any atom is -0.449 e. The molecule has 0 aliphatic carbocycles. The smallest absolute Gasteiger partial charge is 0.409 e. The van der Waals surface area contributed by atoms with Gasteiger partial charge in [-0.3, -0.25) is 4.79 Å². The lowest BCUT2D eigenvalue weighted by molar-refractivity contribution is -0.130. The fourth-order valence-electron chi connectivity index (χ4n) is 1.85. The summed E-state index contributed by atoms with van der Waals surface area (Å²) in [6, 6.07) is 0. The number of amides is 1. The summed E-state index contributed by atoms with van der Waals surface area (Å²) >= 11 is 3.32. The summed E-state index contributed by atoms with van der Waals surface area (Å²) in [4.78, 5) is 25.0. The third-order valence-electron chi connectivity index (χ3n) is 2.90. The maximum Gasteiger partial charge on any atom is 0.409 e. The Morgan fingerprint density at radius 3 is 2.76 bits per heavy atom. The normalized spacial score (nSPS) is 23.6. The predicted octanol–water partition coefficient (Wildman–Crippen LogP) is 2.60. The molecule has 1 amide bonds. The number of ether oxygens (including phenoxy) is 1. The molecule has 0 spiro atoms. The molecule has 1 atom stereocenters. The lowest BCUT2D eigenvalue weighted by Gasteiger charge is -2.38. The molecule has 1 aliphatic rings. The predicted molar refractivity (Wildman–Crippen MR) is 69.3 cm³/mol. The van der Waals surface area contributed by atoms with E-state index < -0.39 is 5.41 Å². The molecule has 0 aromatic rings. The molecule has 1 fully saturated rings. The molecule has 1 unspecified atom stereocenters. The van der Waals surface area contributed by atoms with Gasteiger partial charge >= 0.3 is 6.09 Å². The first kappa shape index (κ1) is 14.5. The van der Waals surface area contributed by atoms with E-state index in [0.717, 1.165) is 12.8 Å². The van der Waals surface area contributed by atoms with Gasteiger partial charge in [0.15, 0.2) is 5.78 Å². The topological polar surface area (TPSA) is 46.6 Å². The molecule has 1 saturated heterocycles. The number of Topliss-reactive ketones (excluding diaryl/α,β-unsaturated/α-hetero) is 1. The van der Waals surface area contributed by atoms with Gasteiger partial charge in [-0.15, -0.1) is 0 Å². The highest BCUT2D eigenvalue weighted by Crippen LogP contribution is 2.29. The summed E-state index contributed by atoms with van der Waals surface area (Å²) in [7, 11) is 0. The molecule has 4 nitrogen and oxygen atoms in total. The zero-order valence-electron chi connectivity index (χ0n) is 10.7. The minimum absolute atomic E-state index is 0.148. The van der Waals surface area contributed by atoms with Gasteiger partial charge in [-0.25, -0.2) is 4.79 Å². The van der Waals surface area contributed by atoms with Crippen LogP contribution < -0.4 is 0 Å². The molecule has 0 saturated carbocycles. The van der Waals surface area contributed by atoms with E-state index >= 15 is 0 Å². The first-order valence-corrected chi connectivity index (χ1v) is 6.90. The number of carbonyl (C=O) groups is 2. The Labute approximate surface area is 111 Å². The van der Waals surface area contributed by atoms with Gasteiger partial charge in [0.25, 0.3) is 0 Å². The number of rotatable bonds is 3. The van der Waals surface area contributed by atoms with Crippen molar-refractivity contribution in [3.05, 3.63) is 0 Å². The van der Waals surface area contributed by atoms with Crippen LogP contribution in [-0.4, -0.2) is 41.3 Å². The molecule has 0 aromatic carbocycles. The highest BCUT2D eigenvalue weighted by Gasteiger charge is 2.41. The number of likely N-dealkylation sites (tertiary alicyclic amines) is 1. The second-order valence-corrected chi connectivity index (χ2v) is 6.17. The summed E-state index contributed by atoms with van der Waals surface area (Å²) in [5.74, 6) is 0.148. The van der Waals surface area contributed by atoms with Gasteiger partial charge in [-0.2, -0.15) is 0 Å². The molecule has 0 bridgehead atoms. The summed E-state index contributed by atoms with van der Waals surface area (Å²) < 4.78 is 5.15. The molecule has 0 radical (unpaired) electrons. The lowest BCUT2D eigenvalue weighted by atomic mass is 9.83. The van der Waals surface area contributed by atoms with Crippen molar-refractivity contribution in [2.24, 2.45) is 5.41 Å². The molecule has 98 valence electrons. The number of hydrogen-bond donors (Lipinski definition) is 0. The third kappa shape index (κ3) is 3.69. The van der Waals surface area contributed by atoms with Gasteiger partial charge in [0.1, 0.15) is 0 Å². The van der Waals surface area contributed by atoms with E-state index in [0.29, 0.717) is 19.7 Å². The first-order valence-electron chi connectivity index (χ1n) is 5.98. The van der Waals surface area contributed by atoms with Gasteiger partial charge in [0.2, 0.25) is 0 Å². The average Bonchev–Trinajstić information content (AvgIpc) is 2.25. The van der Waals surface area contributed by atoms with E-state index in [2.05, 4.69) is 15.9 Å². The summed E-state index contributed by atoms with van der Waals surface area (Å²) in [6.07, 6.45) is 1.56. The Morgan fingerprint density at radius 2 is 2.24 bits per heavy atom. The van der Waals surface area contributed by atoms with E-state index in [4.69, 9.17) is 4.74 Å². The summed E-state index contributed by atoms with van der Waals surface area (Å²) in [5, 5.41) is 0. The van der Waals surface area contributed by atoms with Crippen LogP contribution in [0.5, 0.6) is 0 Å². The van der Waals surface area contributed by atoms with Crippen LogP contribution in [0.1, 0.15) is 33.6 Å². The van der Waals surface area contributed by atoms with Crippen LogP contribution in [0.15, 0.2) is 0 Å². The van der Waals surface area contributed by atoms with E-state index in [-0.39, 0.29) is 16.7 Å². The Morgan fingerprint density at radius 1 is 1.59 bits per heavy atom. The fraction of sp³-hybridized carbons (Fsp3) is 0.833. The number of carbonyl (C=O) groups excluding carboxylic acids is 2. The largest absolute Gasteiger partial charge is 0.449 e. The quantitative estimate of drug-likeness (QED) is 0.595. The van der Waals surface area contributed by atoms with Gasteiger partial charge in [-0.05, 0) is 6.42 Å². The molecule has 1 aliphatic heterocycles. The summed E-state index contributed by atoms with van der Waals surface area (Å²) in [5.41, 5.74) is -0.504. The number of alkyl halides is 1. The number of piperidine rings is 1. The van der Waals surface area contributed by atoms with Crippen molar-refractivity contribution < 1.29 is 14.3 Å². The minimum atomic E-state index is -0.504. The van der Waals surface area contributed by atoms with Crippen LogP contribution in [0, 0.1) is 5.41 Å². The molecular weight excluding hydrogens is 286 g/mol. The number of halogens is 1. The highest BCUT2D eigenvalue weighted by molar-refractivity contribution is 9.10. The summed E-state index contributed by atoms with van der Waals surface area (Å²) in [6.45, 7) is 7.04. The Hall–Kier alpha value is -0.580. The number of nitrogens with zero attached hydrogens (tertiary/aromatic N) is 1. The second kappa shape index (κ2) is 5.85. The van der Waals surface area contributed by atoms with Crippen LogP contribution in [0.4, 0.5) is 4.79 Å². The standard InChI is InChI=1S/C12H20BrNO3/c1-4-5-6-17-11(16)14-7-9(13)10(15)12(2,3)8-14/h9H,4-8H2,1-3H3. The van der Waals surface area contributed by atoms with Gasteiger partial charge < -0.3 is 9.64 Å². The Bertz CT molecular complexity index is 304. The van der Waals surface area contributed by atoms with Crippen LogP contribution in [-0.2, 0) is 9.53 Å². The monoisotopic (exact) mass is 305 g/mol. The van der Waals surface area contributed by atoms with Gasteiger partial charge in [-0.1, -0.05) is 43.1 Å². The molecule has 0 aromatic heterocycles. The number of hydrogen-bond acceptors (Lipinski definition) is 3. The zero-order valence-corrected chi connectivity index (χ0v) is 12.2. The van der Waals surface area contributed by atoms with Crippen molar-refractivity contribution in [2.45, 2.75) is 38.4 Å². The first-order chi connectivity index (χ1) is 7.88. The highest BCUT2D eigenvalue weighted by atomic mass is 79.9. The molecular formula is C12H20BrNO3. The SMILES string of the molecule is CCCCOC(=O)N1CC(Br)C(=O)C(C)(C)C1. The second-order valence-electron chi connectivity index (χ2n) is 5.06. The molecule has 17 heavy (non-hydrogen) atoms. The van der Waals surface area contributed by atoms with Crippen molar-refractivity contribution in [1.29, 1.82) is 0 Å². The van der Waals surface area contributed by atoms with Crippen molar-refractivity contribution in [3.63, 3.8) is 0 Å². The van der Waals surface area contributed by atoms with Crippen LogP contribution >= 0.6 is 15.9 Å². The van der Waals surface area contributed by atoms with E-state index in [9.17, 15) is 9.59 Å². The zero-order chi connectivity index (χ0) is 13.1. The van der Waals surface area contributed by atoms with Crippen molar-refractivity contribution in [3.8, 4) is 0 Å². The third-order valence-corrected chi connectivity index (χ3v) is 3.61. The maximum absolute atomic E-state index is 11.8. The lowest BCUT2D eigenvalue weighted by Crippen LogP contribution is -2.54. The van der Waals surface area contributed by atoms with E-state index in [1.54, 1.807) is 4.90 Å². The van der Waals surface area contributed by atoms with E-state index in [1.807, 2.05) is 20.8 Å². The van der Waals surface area contributed by atoms with Gasteiger partial charge in [0, 0.05) is 18.5 Å². The van der Waals surface area contributed by atoms with Crippen molar-refractivity contribution >= 4 is 27.8 Å². The number of ketones is 1. The maximum atomic E-state index is 11.8. The van der Waals surface area contributed by atoms with Gasteiger partial charge in [0.05, 0.1) is 11.4 Å². The number of unbranched alkanes of at least 4 members (excludes halogenated alkanes) is 1. The van der Waals surface area contributed by atoms with Crippen LogP contribution in [0.25, 0.3) is 0 Å². The van der Waals surface area contributed by atoms with Crippen molar-refractivity contribution in [1.82, 2.24) is 4.90 Å². The molecule has 1 rings (SSSR count). The molecule has 1 heterocycles. The van der Waals surface area contributed by atoms with E-state index in [1.165, 1.54) is 0 Å².